The molecule has 0 atom stereocenters. The van der Waals surface area contributed by atoms with E-state index in [1.807, 2.05) is 126 Å². The summed E-state index contributed by atoms with van der Waals surface area (Å²) in [4.78, 5) is 29.5. The number of methoxy groups -OCH3 is 5. The van der Waals surface area contributed by atoms with E-state index in [4.69, 9.17) is 52.1 Å². The molecule has 0 N–H and O–H groups in total. The van der Waals surface area contributed by atoms with Crippen LogP contribution in [0, 0.1) is 6.07 Å². The van der Waals surface area contributed by atoms with Crippen LogP contribution in [0.3, 0.4) is 0 Å². The number of carbonyl (C=O) groups is 2. The first-order chi connectivity index (χ1) is 38.5. The molecule has 407 valence electrons. The van der Waals surface area contributed by atoms with Crippen LogP contribution < -0.4 is 52.4 Å². The topological polar surface area (TPSA) is 142 Å². The molecule has 7 aromatic carbocycles. The third-order valence-corrected chi connectivity index (χ3v) is 14.4. The third-order valence-electron chi connectivity index (χ3n) is 12.6. The summed E-state index contributed by atoms with van der Waals surface area (Å²) < 4.78 is 60.6. The van der Waals surface area contributed by atoms with Gasteiger partial charge in [0.15, 0.2) is 23.0 Å². The number of rotatable bonds is 8. The fraction of sp³-hybridized carbons (Fsp3) is 0.186. The number of carbonyl (C=O) groups excluding carboxylic acids is 2. The van der Waals surface area contributed by atoms with Crippen LogP contribution in [0.25, 0.3) is 11.1 Å². The summed E-state index contributed by atoms with van der Waals surface area (Å²) in [7, 11) is 7.58. The average Bonchev–Trinajstić information content (AvgIpc) is 4.39. The Hall–Kier alpha value is -5.59. The van der Waals surface area contributed by atoms with Gasteiger partial charge in [0.25, 0.3) is 0 Å². The minimum atomic E-state index is -0.429. The fourth-order valence-corrected chi connectivity index (χ4v) is 10.5. The van der Waals surface area contributed by atoms with Crippen LogP contribution in [0.2, 0.25) is 0 Å². The minimum absolute atomic E-state index is 0. The standard InChI is InChI=1S/C25H20BrNO5.C18H16BrNO2.C8H7BrO3.C8H7O3.BrH.Y.Zn/c1-29-20-11-16(12-21-24(20)32-14-31-21)22-17-8-4-3-7-15(17)13-27(23(22)25(28)30-2)19-10-6-5-9-18(19)26;1-12-14-8-4-3-7-13(14)11-20(17(12)18(21)22-2)16-10-6-5-9-15(16)19;1-10-6-2-5(9)3-7-8(6)12-4-11-7;1-9-6-3-2-4-7-8(6)11-5-10-7;;;/h3-12H,13-14H2,1-2H3;3-10H,11H2,1-2H3;2-3H,4H2,1H3;3-4H,5H2,1H3;1H;;/q;;;-1;;;+2/p-1. The molecule has 80 heavy (non-hydrogen) atoms. The van der Waals surface area contributed by atoms with Gasteiger partial charge in [-0.05, 0) is 121 Å². The van der Waals surface area contributed by atoms with Gasteiger partial charge in [-0.3, -0.25) is 0 Å². The number of fused-ring (bicyclic) bond motifs is 5. The van der Waals surface area contributed by atoms with Crippen molar-refractivity contribution >= 4 is 95.9 Å². The number of esters is 2. The van der Waals surface area contributed by atoms with Crippen LogP contribution in [0.5, 0.6) is 51.7 Å². The Kier molecular flexibility index (Phi) is 22.8. The molecule has 0 unspecified atom stereocenters. The first-order valence-corrected chi connectivity index (χ1v) is 33.3. The van der Waals surface area contributed by atoms with E-state index < -0.39 is 5.97 Å². The number of benzene rings is 7. The molecule has 0 aliphatic carbocycles. The van der Waals surface area contributed by atoms with Crippen LogP contribution in [-0.4, -0.2) is 67.9 Å². The number of para-hydroxylation sites is 2. The van der Waals surface area contributed by atoms with Gasteiger partial charge in [-0.1, -0.05) is 88.7 Å². The molecule has 12 rings (SSSR count). The van der Waals surface area contributed by atoms with E-state index in [1.54, 1.807) is 33.5 Å². The quantitative estimate of drug-likeness (QED) is 0.0808. The number of allylic oxidation sites excluding steroid dienone is 1. The van der Waals surface area contributed by atoms with Crippen LogP contribution in [0.1, 0.15) is 34.7 Å². The van der Waals surface area contributed by atoms with Crippen molar-refractivity contribution in [2.45, 2.75) is 20.0 Å². The van der Waals surface area contributed by atoms with Crippen LogP contribution in [-0.2, 0) is 81.2 Å². The predicted molar refractivity (Wildman–Crippen MR) is 309 cm³/mol. The van der Waals surface area contributed by atoms with Crippen LogP contribution in [0.15, 0.2) is 158 Å². The van der Waals surface area contributed by atoms with E-state index >= 15 is 0 Å². The van der Waals surface area contributed by atoms with Gasteiger partial charge >= 0.3 is 41.9 Å². The summed E-state index contributed by atoms with van der Waals surface area (Å²) in [6.45, 7) is 3.78. The summed E-state index contributed by atoms with van der Waals surface area (Å²) in [6, 6.07) is 45.7. The van der Waals surface area contributed by atoms with E-state index in [1.165, 1.54) is 36.1 Å². The Labute approximate surface area is 531 Å². The molecule has 0 spiro atoms. The summed E-state index contributed by atoms with van der Waals surface area (Å²) in [6.07, 6.45) is 0. The van der Waals surface area contributed by atoms with Crippen molar-refractivity contribution in [2.75, 3.05) is 65.7 Å². The van der Waals surface area contributed by atoms with Crippen molar-refractivity contribution in [1.29, 1.82) is 0 Å². The van der Waals surface area contributed by atoms with Crippen molar-refractivity contribution in [3.8, 4) is 51.7 Å². The van der Waals surface area contributed by atoms with Gasteiger partial charge in [-0.2, -0.15) is 6.07 Å². The van der Waals surface area contributed by atoms with Crippen molar-refractivity contribution in [3.05, 3.63) is 192 Å². The number of anilines is 2. The van der Waals surface area contributed by atoms with Gasteiger partial charge in [0.2, 0.25) is 31.9 Å². The zero-order chi connectivity index (χ0) is 56.2. The summed E-state index contributed by atoms with van der Waals surface area (Å²) in [5.41, 5.74) is 9.65. The molecule has 0 saturated carbocycles. The molecule has 5 aliphatic rings. The maximum absolute atomic E-state index is 13.2. The molecule has 5 heterocycles. The second-order valence-corrected chi connectivity index (χ2v) is 19.6. The zero-order valence-electron chi connectivity index (χ0n) is 44.2. The number of nitrogens with zero attached hydrogens (tertiary/aromatic N) is 2. The fourth-order valence-electron chi connectivity index (χ4n) is 9.10. The Bertz CT molecular complexity index is 3440. The molecule has 0 fully saturated rings. The number of hydrogen-bond acceptors (Lipinski definition) is 15. The van der Waals surface area contributed by atoms with Gasteiger partial charge in [0, 0.05) is 64.8 Å². The SMILES string of the molecule is COC(=O)C1=C(C)c2ccccc2CN1c1ccccc1Br.COC(=O)C1=C(c2cc(OC)c3c(c2)OCO3)c2ccccc2CN1c1ccccc1Br.COc1c[c-]cc2c1OCO2.COc1cc(Br)cc2c1OCO2.[Y].[Zn+][Br]. The van der Waals surface area contributed by atoms with Crippen molar-refractivity contribution < 1.29 is 111 Å². The molecule has 0 saturated heterocycles. The number of hydrogen-bond donors (Lipinski definition) is 0. The Balaban J connectivity index is 0.000000166. The van der Waals surface area contributed by atoms with E-state index in [0.29, 0.717) is 70.5 Å². The molecule has 1 radical (unpaired) electrons. The monoisotopic (exact) mass is 1460 g/mol. The predicted octanol–water partition coefficient (Wildman–Crippen LogP) is 13.8. The second kappa shape index (κ2) is 29.4. The normalized spacial score (nSPS) is 13.4. The molecule has 0 amide bonds. The van der Waals surface area contributed by atoms with Crippen LogP contribution >= 0.6 is 61.4 Å². The molecule has 7 aromatic rings. The summed E-state index contributed by atoms with van der Waals surface area (Å²) in [5.74, 6) is 5.07. The molecule has 0 bridgehead atoms. The van der Waals surface area contributed by atoms with E-state index in [9.17, 15) is 9.59 Å². The molecular formula is C59H50Br4N2O13YZn. The molecule has 15 nitrogen and oxygen atoms in total. The van der Waals surface area contributed by atoms with Gasteiger partial charge < -0.3 is 61.9 Å². The second-order valence-electron chi connectivity index (χ2n) is 16.9. The Morgan fingerprint density at radius 2 is 0.975 bits per heavy atom. The van der Waals surface area contributed by atoms with Crippen molar-refractivity contribution in [3.63, 3.8) is 0 Å². The number of halogens is 4. The van der Waals surface area contributed by atoms with Gasteiger partial charge in [-0.25, -0.2) is 9.59 Å². The summed E-state index contributed by atoms with van der Waals surface area (Å²) in [5, 5.41) is 0. The van der Waals surface area contributed by atoms with E-state index in [0.717, 1.165) is 63.9 Å². The van der Waals surface area contributed by atoms with Crippen molar-refractivity contribution in [2.24, 2.45) is 0 Å². The first-order valence-electron chi connectivity index (χ1n) is 24.0. The van der Waals surface area contributed by atoms with Gasteiger partial charge in [0.1, 0.15) is 11.4 Å². The Morgan fingerprint density at radius 1 is 0.525 bits per heavy atom. The number of ether oxygens (including phenoxy) is 11. The van der Waals surface area contributed by atoms with E-state index in [2.05, 4.69) is 79.6 Å². The van der Waals surface area contributed by atoms with Gasteiger partial charge in [0.05, 0.1) is 64.2 Å². The maximum atomic E-state index is 13.2. The van der Waals surface area contributed by atoms with Crippen molar-refractivity contribution in [1.82, 2.24) is 0 Å². The van der Waals surface area contributed by atoms with Crippen LogP contribution in [0.4, 0.5) is 11.4 Å². The average molecular weight is 1470 g/mol. The molecule has 5 aliphatic heterocycles. The summed E-state index contributed by atoms with van der Waals surface area (Å²) >= 11 is 14.8. The first kappa shape index (κ1) is 62.0. The molecule has 0 aromatic heterocycles. The van der Waals surface area contributed by atoms with E-state index in [-0.39, 0.29) is 59.1 Å². The Morgan fingerprint density at radius 3 is 1.52 bits per heavy atom. The van der Waals surface area contributed by atoms with Gasteiger partial charge in [-0.15, -0.1) is 12.1 Å². The molecule has 21 heteroatoms. The zero-order valence-corrected chi connectivity index (χ0v) is 56.4. The third kappa shape index (κ3) is 13.7. The molecular weight excluding hydrogens is 1420 g/mol.